The summed E-state index contributed by atoms with van der Waals surface area (Å²) >= 11 is 0. The quantitative estimate of drug-likeness (QED) is 0.815. The molecule has 2 rings (SSSR count). The summed E-state index contributed by atoms with van der Waals surface area (Å²) in [6.07, 6.45) is 4.14. The van der Waals surface area contributed by atoms with Crippen molar-refractivity contribution in [2.75, 3.05) is 18.5 Å². The highest BCUT2D eigenvalue weighted by Crippen LogP contribution is 2.19. The summed E-state index contributed by atoms with van der Waals surface area (Å²) in [4.78, 5) is 8.24. The molecule has 1 unspecified atom stereocenters. The number of aliphatic hydroxyl groups is 1. The molecular formula is C14H17N3O. The highest BCUT2D eigenvalue weighted by molar-refractivity contribution is 5.26. The van der Waals surface area contributed by atoms with Crippen LogP contribution in [0.4, 0.5) is 5.95 Å². The zero-order valence-electron chi connectivity index (χ0n) is 10.2. The van der Waals surface area contributed by atoms with E-state index in [1.807, 2.05) is 18.2 Å². The van der Waals surface area contributed by atoms with Crippen LogP contribution in [0.5, 0.6) is 0 Å². The summed E-state index contributed by atoms with van der Waals surface area (Å²) in [7, 11) is 0. The van der Waals surface area contributed by atoms with Crippen LogP contribution in [0.3, 0.4) is 0 Å². The van der Waals surface area contributed by atoms with E-state index < -0.39 is 0 Å². The molecule has 4 heteroatoms. The fourth-order valence-corrected chi connectivity index (χ4v) is 1.87. The van der Waals surface area contributed by atoms with E-state index in [-0.39, 0.29) is 12.5 Å². The number of rotatable bonds is 6. The van der Waals surface area contributed by atoms with Crippen molar-refractivity contribution < 1.29 is 5.11 Å². The van der Waals surface area contributed by atoms with Gasteiger partial charge >= 0.3 is 0 Å². The molecule has 18 heavy (non-hydrogen) atoms. The fourth-order valence-electron chi connectivity index (χ4n) is 1.87. The van der Waals surface area contributed by atoms with Gasteiger partial charge in [-0.1, -0.05) is 30.3 Å². The predicted octanol–water partition coefficient (Wildman–Crippen LogP) is 2.05. The fraction of sp³-hybridized carbons (Fsp3) is 0.286. The molecule has 94 valence electrons. The molecule has 0 spiro atoms. The first-order valence-corrected chi connectivity index (χ1v) is 6.07. The van der Waals surface area contributed by atoms with Gasteiger partial charge in [-0.2, -0.15) is 0 Å². The Morgan fingerprint density at radius 3 is 2.44 bits per heavy atom. The van der Waals surface area contributed by atoms with Crippen molar-refractivity contribution in [3.05, 3.63) is 54.4 Å². The van der Waals surface area contributed by atoms with Crippen LogP contribution in [-0.2, 0) is 0 Å². The van der Waals surface area contributed by atoms with Gasteiger partial charge in [-0.05, 0) is 18.1 Å². The van der Waals surface area contributed by atoms with Crippen molar-refractivity contribution >= 4 is 5.95 Å². The van der Waals surface area contributed by atoms with Gasteiger partial charge < -0.3 is 10.4 Å². The lowest BCUT2D eigenvalue weighted by Gasteiger charge is -2.16. The van der Waals surface area contributed by atoms with Crippen LogP contribution in [0.1, 0.15) is 17.9 Å². The molecule has 0 saturated heterocycles. The van der Waals surface area contributed by atoms with E-state index in [0.717, 1.165) is 6.42 Å². The Labute approximate surface area is 107 Å². The number of hydrogen-bond donors (Lipinski definition) is 2. The van der Waals surface area contributed by atoms with Crippen molar-refractivity contribution in [1.29, 1.82) is 0 Å². The molecule has 1 heterocycles. The first kappa shape index (κ1) is 12.5. The molecule has 4 nitrogen and oxygen atoms in total. The van der Waals surface area contributed by atoms with Gasteiger partial charge in [0.2, 0.25) is 5.95 Å². The summed E-state index contributed by atoms with van der Waals surface area (Å²) in [6, 6.07) is 12.0. The lowest BCUT2D eigenvalue weighted by molar-refractivity contribution is 0.277. The monoisotopic (exact) mass is 243 g/mol. The van der Waals surface area contributed by atoms with Gasteiger partial charge in [0, 0.05) is 31.5 Å². The highest BCUT2D eigenvalue weighted by atomic mass is 16.3. The smallest absolute Gasteiger partial charge is 0.222 e. The first-order valence-electron chi connectivity index (χ1n) is 6.07. The van der Waals surface area contributed by atoms with Gasteiger partial charge in [-0.15, -0.1) is 0 Å². The van der Waals surface area contributed by atoms with E-state index in [2.05, 4.69) is 27.4 Å². The predicted molar refractivity (Wildman–Crippen MR) is 71.4 cm³/mol. The van der Waals surface area contributed by atoms with Crippen LogP contribution >= 0.6 is 0 Å². The van der Waals surface area contributed by atoms with Crippen molar-refractivity contribution in [3.63, 3.8) is 0 Å². The van der Waals surface area contributed by atoms with Crippen LogP contribution in [0.25, 0.3) is 0 Å². The standard InChI is InChI=1S/C14H17N3O/c18-10-7-13(12-5-2-1-3-6-12)11-17-14-15-8-4-9-16-14/h1-6,8-9,13,18H,7,10-11H2,(H,15,16,17). The topological polar surface area (TPSA) is 58.0 Å². The van der Waals surface area contributed by atoms with Gasteiger partial charge in [-0.25, -0.2) is 9.97 Å². The minimum Gasteiger partial charge on any atom is -0.396 e. The Hall–Kier alpha value is -1.94. The molecule has 0 radical (unpaired) electrons. The molecular weight excluding hydrogens is 226 g/mol. The molecule has 0 aliphatic rings. The summed E-state index contributed by atoms with van der Waals surface area (Å²) in [5, 5.41) is 12.3. The number of aliphatic hydroxyl groups excluding tert-OH is 1. The molecule has 1 aromatic heterocycles. The van der Waals surface area contributed by atoms with E-state index in [1.54, 1.807) is 18.5 Å². The summed E-state index contributed by atoms with van der Waals surface area (Å²) in [5.41, 5.74) is 1.22. The molecule has 1 atom stereocenters. The van der Waals surface area contributed by atoms with Crippen molar-refractivity contribution in [1.82, 2.24) is 9.97 Å². The van der Waals surface area contributed by atoms with E-state index in [9.17, 15) is 0 Å². The average molecular weight is 243 g/mol. The van der Waals surface area contributed by atoms with Crippen LogP contribution in [0.15, 0.2) is 48.8 Å². The van der Waals surface area contributed by atoms with E-state index in [1.165, 1.54) is 5.56 Å². The minimum atomic E-state index is 0.177. The number of nitrogens with zero attached hydrogens (tertiary/aromatic N) is 2. The van der Waals surface area contributed by atoms with Crippen molar-refractivity contribution in [3.8, 4) is 0 Å². The largest absolute Gasteiger partial charge is 0.396 e. The zero-order chi connectivity index (χ0) is 12.6. The van der Waals surface area contributed by atoms with E-state index in [4.69, 9.17) is 5.11 Å². The maximum absolute atomic E-state index is 9.14. The Morgan fingerprint density at radius 2 is 1.78 bits per heavy atom. The maximum atomic E-state index is 9.14. The highest BCUT2D eigenvalue weighted by Gasteiger charge is 2.10. The third-order valence-electron chi connectivity index (χ3n) is 2.82. The lowest BCUT2D eigenvalue weighted by Crippen LogP contribution is -2.15. The SMILES string of the molecule is OCCC(CNc1ncccn1)c1ccccc1. The summed E-state index contributed by atoms with van der Waals surface area (Å²) in [5.74, 6) is 0.886. The molecule has 0 bridgehead atoms. The maximum Gasteiger partial charge on any atom is 0.222 e. The van der Waals surface area contributed by atoms with Crippen LogP contribution in [0.2, 0.25) is 0 Å². The lowest BCUT2D eigenvalue weighted by atomic mass is 9.96. The summed E-state index contributed by atoms with van der Waals surface area (Å²) in [6.45, 7) is 0.894. The number of nitrogens with one attached hydrogen (secondary N) is 1. The van der Waals surface area contributed by atoms with E-state index in [0.29, 0.717) is 12.5 Å². The second-order valence-corrected chi connectivity index (χ2v) is 4.07. The van der Waals surface area contributed by atoms with E-state index >= 15 is 0 Å². The molecule has 0 aliphatic heterocycles. The van der Waals surface area contributed by atoms with Gasteiger partial charge in [0.25, 0.3) is 0 Å². The number of benzene rings is 1. The second-order valence-electron chi connectivity index (χ2n) is 4.07. The molecule has 2 N–H and O–H groups in total. The Bertz CT molecular complexity index is 447. The Kier molecular flexibility index (Phi) is 4.67. The molecule has 2 aromatic rings. The third-order valence-corrected chi connectivity index (χ3v) is 2.82. The molecule has 0 aliphatic carbocycles. The van der Waals surface area contributed by atoms with Gasteiger partial charge in [0.1, 0.15) is 0 Å². The Morgan fingerprint density at radius 1 is 1.06 bits per heavy atom. The van der Waals surface area contributed by atoms with Crippen LogP contribution in [-0.4, -0.2) is 28.2 Å². The first-order chi connectivity index (χ1) is 8.90. The number of anilines is 1. The Balaban J connectivity index is 1.99. The number of aromatic nitrogens is 2. The molecule has 0 amide bonds. The second kappa shape index (κ2) is 6.71. The zero-order valence-corrected chi connectivity index (χ0v) is 10.2. The van der Waals surface area contributed by atoms with Crippen molar-refractivity contribution in [2.45, 2.75) is 12.3 Å². The molecule has 0 saturated carbocycles. The minimum absolute atomic E-state index is 0.177. The number of hydrogen-bond acceptors (Lipinski definition) is 4. The molecule has 1 aromatic carbocycles. The van der Waals surface area contributed by atoms with Crippen LogP contribution in [0, 0.1) is 0 Å². The molecule has 0 fully saturated rings. The normalized spacial score (nSPS) is 12.1. The van der Waals surface area contributed by atoms with Crippen LogP contribution < -0.4 is 5.32 Å². The van der Waals surface area contributed by atoms with Gasteiger partial charge in [0.15, 0.2) is 0 Å². The van der Waals surface area contributed by atoms with Crippen molar-refractivity contribution in [2.24, 2.45) is 0 Å². The third kappa shape index (κ3) is 3.53. The average Bonchev–Trinajstić information content (AvgIpc) is 2.45. The summed E-state index contributed by atoms with van der Waals surface area (Å²) < 4.78 is 0. The van der Waals surface area contributed by atoms with Gasteiger partial charge in [0.05, 0.1) is 0 Å². The van der Waals surface area contributed by atoms with Gasteiger partial charge in [-0.3, -0.25) is 0 Å².